The van der Waals surface area contributed by atoms with Gasteiger partial charge in [-0.3, -0.25) is 14.7 Å². The van der Waals surface area contributed by atoms with Crippen molar-refractivity contribution in [2.24, 2.45) is 4.99 Å². The molecule has 29 heavy (non-hydrogen) atoms. The molecule has 0 radical (unpaired) electrons. The third kappa shape index (κ3) is 8.50. The predicted octanol–water partition coefficient (Wildman–Crippen LogP) is 2.88. The van der Waals surface area contributed by atoms with Gasteiger partial charge in [0, 0.05) is 38.8 Å². The summed E-state index contributed by atoms with van der Waals surface area (Å²) in [6.07, 6.45) is 8.14. The number of carbonyl (C=O) groups excluding carboxylic acids is 1. The lowest BCUT2D eigenvalue weighted by Gasteiger charge is -2.33. The number of likely N-dealkylation sites (tertiary alicyclic amines) is 1. The van der Waals surface area contributed by atoms with Gasteiger partial charge in [0.2, 0.25) is 5.91 Å². The van der Waals surface area contributed by atoms with E-state index in [1.807, 2.05) is 0 Å². The van der Waals surface area contributed by atoms with E-state index in [2.05, 4.69) is 56.2 Å². The number of halogens is 1. The molecular formula is C22H36IN5O. The number of nitrogens with zero attached hydrogens (tertiary/aromatic N) is 2. The third-order valence-corrected chi connectivity index (χ3v) is 5.79. The summed E-state index contributed by atoms with van der Waals surface area (Å²) in [7, 11) is 1.76. The minimum Gasteiger partial charge on any atom is -0.354 e. The van der Waals surface area contributed by atoms with Crippen LogP contribution in [0.2, 0.25) is 0 Å². The van der Waals surface area contributed by atoms with E-state index in [4.69, 9.17) is 0 Å². The standard InChI is InChI=1S/C22H35N5O.HI/c1-23-22(24-16-21(28)25-19-10-6-3-7-11-19)26-20-12-14-27(15-13-20)17-18-8-4-2-5-9-18;/h2,4-5,8-9,19-20H,3,6-7,10-17H2,1H3,(H,25,28)(H2,23,24,26);1H. The lowest BCUT2D eigenvalue weighted by Crippen LogP contribution is -2.51. The molecule has 6 nitrogen and oxygen atoms in total. The van der Waals surface area contributed by atoms with Crippen molar-refractivity contribution in [3.63, 3.8) is 0 Å². The molecule has 0 unspecified atom stereocenters. The van der Waals surface area contributed by atoms with Gasteiger partial charge in [-0.05, 0) is 31.2 Å². The van der Waals surface area contributed by atoms with Crippen molar-refractivity contribution in [2.45, 2.75) is 63.6 Å². The van der Waals surface area contributed by atoms with Crippen molar-refractivity contribution in [1.82, 2.24) is 20.9 Å². The molecule has 1 aliphatic carbocycles. The molecule has 0 bridgehead atoms. The summed E-state index contributed by atoms with van der Waals surface area (Å²) >= 11 is 0. The molecule has 1 aliphatic heterocycles. The van der Waals surface area contributed by atoms with E-state index >= 15 is 0 Å². The summed E-state index contributed by atoms with van der Waals surface area (Å²) in [6.45, 7) is 3.45. The Morgan fingerprint density at radius 1 is 1.00 bits per heavy atom. The molecule has 0 aromatic heterocycles. The average Bonchev–Trinajstić information content (AvgIpc) is 2.74. The van der Waals surface area contributed by atoms with Crippen LogP contribution in [0, 0.1) is 0 Å². The minimum atomic E-state index is 0. The van der Waals surface area contributed by atoms with Crippen molar-refractivity contribution in [3.05, 3.63) is 35.9 Å². The van der Waals surface area contributed by atoms with Crippen LogP contribution < -0.4 is 16.0 Å². The van der Waals surface area contributed by atoms with Gasteiger partial charge in [-0.1, -0.05) is 49.6 Å². The molecule has 3 N–H and O–H groups in total. The average molecular weight is 513 g/mol. The molecule has 7 heteroatoms. The molecule has 0 spiro atoms. The van der Waals surface area contributed by atoms with Crippen molar-refractivity contribution in [2.75, 3.05) is 26.7 Å². The normalized spacial score (nSPS) is 19.3. The fraction of sp³-hybridized carbons (Fsp3) is 0.636. The van der Waals surface area contributed by atoms with Crippen molar-refractivity contribution < 1.29 is 4.79 Å². The van der Waals surface area contributed by atoms with Crippen molar-refractivity contribution >= 4 is 35.8 Å². The minimum absolute atomic E-state index is 0. The van der Waals surface area contributed by atoms with Gasteiger partial charge in [-0.2, -0.15) is 0 Å². The number of benzene rings is 1. The summed E-state index contributed by atoms with van der Waals surface area (Å²) in [6, 6.07) is 11.4. The van der Waals surface area contributed by atoms with Gasteiger partial charge >= 0.3 is 0 Å². The monoisotopic (exact) mass is 513 g/mol. The fourth-order valence-corrected chi connectivity index (χ4v) is 4.15. The molecule has 2 fully saturated rings. The van der Waals surface area contributed by atoms with Crippen molar-refractivity contribution in [1.29, 1.82) is 0 Å². The van der Waals surface area contributed by atoms with Crippen molar-refractivity contribution in [3.8, 4) is 0 Å². The lowest BCUT2D eigenvalue weighted by atomic mass is 9.95. The number of hydrogen-bond donors (Lipinski definition) is 3. The third-order valence-electron chi connectivity index (χ3n) is 5.79. The number of hydrogen-bond acceptors (Lipinski definition) is 3. The zero-order valence-electron chi connectivity index (χ0n) is 17.5. The molecule has 1 aromatic rings. The van der Waals surface area contributed by atoms with E-state index in [-0.39, 0.29) is 36.4 Å². The van der Waals surface area contributed by atoms with Crippen LogP contribution in [0.5, 0.6) is 0 Å². The Balaban J connectivity index is 0.00000300. The Bertz CT molecular complexity index is 625. The maximum atomic E-state index is 12.2. The quantitative estimate of drug-likeness (QED) is 0.311. The Kier molecular flexibility index (Phi) is 10.8. The molecule has 2 aliphatic rings. The summed E-state index contributed by atoms with van der Waals surface area (Å²) in [4.78, 5) is 19.0. The Hall–Kier alpha value is -1.35. The molecule has 162 valence electrons. The predicted molar refractivity (Wildman–Crippen MR) is 130 cm³/mol. The molecule has 1 aromatic carbocycles. The highest BCUT2D eigenvalue weighted by Gasteiger charge is 2.20. The molecular weight excluding hydrogens is 477 g/mol. The van der Waals surface area contributed by atoms with E-state index in [0.29, 0.717) is 12.1 Å². The van der Waals surface area contributed by atoms with Crippen LogP contribution in [-0.4, -0.2) is 55.5 Å². The van der Waals surface area contributed by atoms with E-state index in [1.165, 1.54) is 24.8 Å². The summed E-state index contributed by atoms with van der Waals surface area (Å²) < 4.78 is 0. The molecule has 3 rings (SSSR count). The van der Waals surface area contributed by atoms with Gasteiger partial charge < -0.3 is 16.0 Å². The Morgan fingerprint density at radius 3 is 2.31 bits per heavy atom. The largest absolute Gasteiger partial charge is 0.354 e. The highest BCUT2D eigenvalue weighted by Crippen LogP contribution is 2.17. The number of carbonyl (C=O) groups is 1. The summed E-state index contributed by atoms with van der Waals surface area (Å²) in [5, 5.41) is 9.79. The first-order valence-electron chi connectivity index (χ1n) is 10.8. The molecule has 1 heterocycles. The summed E-state index contributed by atoms with van der Waals surface area (Å²) in [5.41, 5.74) is 1.37. The first-order chi connectivity index (χ1) is 13.7. The van der Waals surface area contributed by atoms with Crippen LogP contribution in [0.15, 0.2) is 35.3 Å². The highest BCUT2D eigenvalue weighted by molar-refractivity contribution is 14.0. The van der Waals surface area contributed by atoms with Gasteiger partial charge in [0.1, 0.15) is 0 Å². The van der Waals surface area contributed by atoms with Crippen LogP contribution >= 0.6 is 24.0 Å². The Labute approximate surface area is 192 Å². The lowest BCUT2D eigenvalue weighted by molar-refractivity contribution is -0.120. The van der Waals surface area contributed by atoms with Crippen LogP contribution in [0.1, 0.15) is 50.5 Å². The summed E-state index contributed by atoms with van der Waals surface area (Å²) in [5.74, 6) is 0.785. The Morgan fingerprint density at radius 2 is 1.66 bits per heavy atom. The van der Waals surface area contributed by atoms with E-state index in [9.17, 15) is 4.79 Å². The number of amides is 1. The van der Waals surface area contributed by atoms with Gasteiger partial charge in [0.25, 0.3) is 0 Å². The second-order valence-electron chi connectivity index (χ2n) is 8.01. The number of aliphatic imine (C=N–C) groups is 1. The zero-order valence-corrected chi connectivity index (χ0v) is 19.9. The van der Waals surface area contributed by atoms with Crippen LogP contribution in [0.25, 0.3) is 0 Å². The second-order valence-corrected chi connectivity index (χ2v) is 8.01. The zero-order chi connectivity index (χ0) is 19.6. The van der Waals surface area contributed by atoms with Gasteiger partial charge in [0.05, 0.1) is 6.54 Å². The number of nitrogens with one attached hydrogen (secondary N) is 3. The number of rotatable bonds is 6. The molecule has 0 atom stereocenters. The van der Waals surface area contributed by atoms with Gasteiger partial charge in [-0.25, -0.2) is 0 Å². The molecule has 1 saturated carbocycles. The second kappa shape index (κ2) is 13.1. The van der Waals surface area contributed by atoms with Gasteiger partial charge in [-0.15, -0.1) is 24.0 Å². The van der Waals surface area contributed by atoms with E-state index < -0.39 is 0 Å². The van der Waals surface area contributed by atoms with E-state index in [1.54, 1.807) is 7.05 Å². The number of piperidine rings is 1. The fourth-order valence-electron chi connectivity index (χ4n) is 4.15. The highest BCUT2D eigenvalue weighted by atomic mass is 127. The maximum absolute atomic E-state index is 12.2. The van der Waals surface area contributed by atoms with E-state index in [0.717, 1.165) is 51.3 Å². The van der Waals surface area contributed by atoms with Gasteiger partial charge in [0.15, 0.2) is 5.96 Å². The molecule has 1 saturated heterocycles. The van der Waals surface area contributed by atoms with Crippen LogP contribution in [-0.2, 0) is 11.3 Å². The topological polar surface area (TPSA) is 68.8 Å². The molecule has 1 amide bonds. The first-order valence-corrected chi connectivity index (χ1v) is 10.8. The number of guanidine groups is 1. The smallest absolute Gasteiger partial charge is 0.239 e. The SMILES string of the molecule is CN=C(NCC(=O)NC1CCCCC1)NC1CCN(Cc2ccccc2)CC1.I. The maximum Gasteiger partial charge on any atom is 0.239 e. The van der Waals surface area contributed by atoms with Crippen LogP contribution in [0.3, 0.4) is 0 Å². The van der Waals surface area contributed by atoms with Crippen LogP contribution in [0.4, 0.5) is 0 Å². The first kappa shape index (κ1) is 23.9.